The third-order valence-electron chi connectivity index (χ3n) is 9.73. The Labute approximate surface area is 335 Å². The molecule has 0 aliphatic heterocycles. The van der Waals surface area contributed by atoms with Crippen molar-refractivity contribution in [3.05, 3.63) is 160 Å². The Balaban J connectivity index is 1.11. The summed E-state index contributed by atoms with van der Waals surface area (Å²) in [7, 11) is 1.52. The number of ether oxygens (including phenoxy) is 3. The number of nitro benzene ring substituents is 1. The van der Waals surface area contributed by atoms with Crippen LogP contribution in [0.5, 0.6) is 5.75 Å². The SMILES string of the molecule is CN(C(=O)OC1c2ccccc2-c2ccccc21)[C@@H](Cc1ccccc1)C(=O)N[C@H](CCCCN)C(=O)Nc1ccc(COC(=O)Oc2ccc([N+](=O)[O-])cc2)cc1. The van der Waals surface area contributed by atoms with E-state index in [9.17, 15) is 29.3 Å². The summed E-state index contributed by atoms with van der Waals surface area (Å²) in [6.45, 7) is 0.266. The molecule has 0 spiro atoms. The maximum atomic E-state index is 14.2. The van der Waals surface area contributed by atoms with Crippen LogP contribution in [0.25, 0.3) is 11.1 Å². The number of nitrogens with one attached hydrogen (secondary N) is 2. The Morgan fingerprint density at radius 2 is 1.40 bits per heavy atom. The molecule has 14 heteroatoms. The van der Waals surface area contributed by atoms with Gasteiger partial charge in [-0.1, -0.05) is 91.0 Å². The predicted octanol–water partition coefficient (Wildman–Crippen LogP) is 7.31. The molecule has 6 rings (SSSR count). The molecule has 14 nitrogen and oxygen atoms in total. The minimum absolute atomic E-state index is 0.0844. The van der Waals surface area contributed by atoms with Gasteiger partial charge < -0.3 is 30.6 Å². The maximum absolute atomic E-state index is 14.2. The van der Waals surface area contributed by atoms with E-state index >= 15 is 0 Å². The van der Waals surface area contributed by atoms with Gasteiger partial charge in [0.25, 0.3) is 5.69 Å². The number of likely N-dealkylation sites (N-methyl/N-ethyl adjacent to an activating group) is 1. The zero-order chi connectivity index (χ0) is 41.0. The number of nitrogens with two attached hydrogens (primary N) is 1. The highest BCUT2D eigenvalue weighted by Crippen LogP contribution is 2.45. The number of anilines is 1. The zero-order valence-electron chi connectivity index (χ0n) is 31.7. The summed E-state index contributed by atoms with van der Waals surface area (Å²) in [6.07, 6.45) is -0.709. The summed E-state index contributed by atoms with van der Waals surface area (Å²) in [6, 6.07) is 34.3. The van der Waals surface area contributed by atoms with Gasteiger partial charge in [0.15, 0.2) is 6.10 Å². The molecule has 4 N–H and O–H groups in total. The van der Waals surface area contributed by atoms with Crippen molar-refractivity contribution < 1.29 is 38.3 Å². The van der Waals surface area contributed by atoms with Crippen molar-refractivity contribution in [2.45, 2.75) is 50.5 Å². The molecule has 5 aromatic carbocycles. The number of rotatable bonds is 16. The number of hydrogen-bond donors (Lipinski definition) is 3. The number of nitrogens with zero attached hydrogens (tertiary/aromatic N) is 2. The molecule has 5 aromatic rings. The Morgan fingerprint density at radius 1 is 0.776 bits per heavy atom. The van der Waals surface area contributed by atoms with E-state index in [4.69, 9.17) is 19.9 Å². The highest BCUT2D eigenvalue weighted by atomic mass is 16.7. The van der Waals surface area contributed by atoms with Crippen molar-refractivity contribution >= 4 is 35.4 Å². The quantitative estimate of drug-likeness (QED) is 0.0300. The lowest BCUT2D eigenvalue weighted by Gasteiger charge is -2.30. The van der Waals surface area contributed by atoms with Crippen molar-refractivity contribution in [2.75, 3.05) is 18.9 Å². The van der Waals surface area contributed by atoms with Crippen LogP contribution in [0, 0.1) is 10.1 Å². The van der Waals surface area contributed by atoms with Crippen LogP contribution in [0.4, 0.5) is 21.0 Å². The third kappa shape index (κ3) is 10.2. The van der Waals surface area contributed by atoms with Gasteiger partial charge in [0.1, 0.15) is 24.4 Å². The van der Waals surface area contributed by atoms with Crippen LogP contribution in [0.3, 0.4) is 0 Å². The monoisotopic (exact) mass is 785 g/mol. The van der Waals surface area contributed by atoms with Gasteiger partial charge in [-0.2, -0.15) is 0 Å². The molecular weight excluding hydrogens is 743 g/mol. The summed E-state index contributed by atoms with van der Waals surface area (Å²) >= 11 is 0. The first-order valence-electron chi connectivity index (χ1n) is 18.8. The lowest BCUT2D eigenvalue weighted by atomic mass is 10.0. The summed E-state index contributed by atoms with van der Waals surface area (Å²) in [4.78, 5) is 65.6. The first-order chi connectivity index (χ1) is 28.1. The fourth-order valence-corrected chi connectivity index (χ4v) is 6.64. The Kier molecular flexibility index (Phi) is 13.4. The number of carbonyl (C=O) groups excluding carboxylic acids is 4. The number of amides is 3. The van der Waals surface area contributed by atoms with Crippen molar-refractivity contribution in [3.63, 3.8) is 0 Å². The number of non-ortho nitro benzene ring substituents is 1. The summed E-state index contributed by atoms with van der Waals surface area (Å²) < 4.78 is 16.4. The molecule has 298 valence electrons. The smallest absolute Gasteiger partial charge is 0.436 e. The molecule has 0 unspecified atom stereocenters. The van der Waals surface area contributed by atoms with Gasteiger partial charge in [0.2, 0.25) is 11.8 Å². The van der Waals surface area contributed by atoms with Gasteiger partial charge >= 0.3 is 12.2 Å². The number of hydrogen-bond acceptors (Lipinski definition) is 10. The molecule has 2 atom stereocenters. The number of carbonyl (C=O) groups is 4. The normalized spacial score (nSPS) is 12.6. The standard InChI is InChI=1S/C44H43N5O9/c1-48(43(52)58-40-36-15-7-5-13-34(36)35-14-6-8-16-37(35)40)39(27-29-11-3-2-4-12-29)42(51)47-38(17-9-10-26-45)41(50)46-31-20-18-30(19-21-31)28-56-44(53)57-33-24-22-32(23-25-33)49(54)55/h2-8,11-16,18-25,38-40H,9-10,17,26-28,45H2,1H3,(H,46,50)(H,47,51)/t38-,39+/m1/s1. The van der Waals surface area contributed by atoms with Crippen molar-refractivity contribution in [1.29, 1.82) is 0 Å². The van der Waals surface area contributed by atoms with E-state index in [0.717, 1.165) is 27.8 Å². The summed E-state index contributed by atoms with van der Waals surface area (Å²) in [5.41, 5.74) is 11.1. The molecule has 58 heavy (non-hydrogen) atoms. The van der Waals surface area contributed by atoms with Crippen molar-refractivity contribution in [1.82, 2.24) is 10.2 Å². The van der Waals surface area contributed by atoms with E-state index in [1.54, 1.807) is 24.3 Å². The number of benzene rings is 5. The van der Waals surface area contributed by atoms with Gasteiger partial charge in [-0.25, -0.2) is 9.59 Å². The fraction of sp³-hybridized carbons (Fsp3) is 0.227. The Bertz CT molecular complexity index is 2190. The van der Waals surface area contributed by atoms with Crippen LogP contribution in [-0.2, 0) is 32.1 Å². The molecule has 0 saturated heterocycles. The lowest BCUT2D eigenvalue weighted by molar-refractivity contribution is -0.384. The lowest BCUT2D eigenvalue weighted by Crippen LogP contribution is -2.54. The Hall–Kier alpha value is -7.06. The molecule has 1 aliphatic carbocycles. The van der Waals surface area contributed by atoms with Crippen LogP contribution in [0.1, 0.15) is 47.6 Å². The third-order valence-corrected chi connectivity index (χ3v) is 9.73. The van der Waals surface area contributed by atoms with Gasteiger partial charge in [0.05, 0.1) is 4.92 Å². The minimum atomic E-state index is -1.03. The van der Waals surface area contributed by atoms with Crippen LogP contribution in [0.2, 0.25) is 0 Å². The van der Waals surface area contributed by atoms with Crippen LogP contribution in [0.15, 0.2) is 127 Å². The molecule has 0 aromatic heterocycles. The Morgan fingerprint density at radius 3 is 2.02 bits per heavy atom. The first-order valence-corrected chi connectivity index (χ1v) is 18.8. The maximum Gasteiger partial charge on any atom is 0.514 e. The van der Waals surface area contributed by atoms with E-state index in [0.29, 0.717) is 37.1 Å². The van der Waals surface area contributed by atoms with E-state index in [1.807, 2.05) is 78.9 Å². The summed E-state index contributed by atoms with van der Waals surface area (Å²) in [5, 5.41) is 16.6. The van der Waals surface area contributed by atoms with Gasteiger partial charge in [-0.3, -0.25) is 24.6 Å². The van der Waals surface area contributed by atoms with Crippen LogP contribution >= 0.6 is 0 Å². The van der Waals surface area contributed by atoms with Crippen molar-refractivity contribution in [2.24, 2.45) is 5.73 Å². The highest BCUT2D eigenvalue weighted by molar-refractivity contribution is 5.98. The second-order valence-electron chi connectivity index (χ2n) is 13.7. The number of unbranched alkanes of at least 4 members (excludes halogenated alkanes) is 1. The van der Waals surface area contributed by atoms with Gasteiger partial charge in [-0.15, -0.1) is 0 Å². The first kappa shape index (κ1) is 40.6. The molecule has 0 saturated carbocycles. The van der Waals surface area contributed by atoms with E-state index in [2.05, 4.69) is 10.6 Å². The van der Waals surface area contributed by atoms with E-state index < -0.39 is 47.2 Å². The average Bonchev–Trinajstić information content (AvgIpc) is 3.55. The predicted molar refractivity (Wildman–Crippen MR) is 216 cm³/mol. The molecule has 0 heterocycles. The zero-order valence-corrected chi connectivity index (χ0v) is 31.7. The second-order valence-corrected chi connectivity index (χ2v) is 13.7. The molecule has 0 bridgehead atoms. The molecule has 0 fully saturated rings. The highest BCUT2D eigenvalue weighted by Gasteiger charge is 2.36. The average molecular weight is 786 g/mol. The second kappa shape index (κ2) is 19.2. The molecule has 3 amide bonds. The fourth-order valence-electron chi connectivity index (χ4n) is 6.64. The van der Waals surface area contributed by atoms with Crippen molar-refractivity contribution in [3.8, 4) is 16.9 Å². The minimum Gasteiger partial charge on any atom is -0.436 e. The molecule has 1 aliphatic rings. The number of nitro groups is 1. The van der Waals surface area contributed by atoms with E-state index in [-0.39, 0.29) is 24.5 Å². The van der Waals surface area contributed by atoms with E-state index in [1.165, 1.54) is 36.2 Å². The van der Waals surface area contributed by atoms with Gasteiger partial charge in [0, 0.05) is 42.4 Å². The number of fused-ring (bicyclic) bond motifs is 3. The molecular formula is C44H43N5O9. The van der Waals surface area contributed by atoms with Gasteiger partial charge in [-0.05, 0) is 72.3 Å². The molecule has 0 radical (unpaired) electrons. The topological polar surface area (TPSA) is 192 Å². The largest absolute Gasteiger partial charge is 0.514 e. The van der Waals surface area contributed by atoms with Crippen LogP contribution < -0.4 is 21.1 Å². The van der Waals surface area contributed by atoms with Crippen LogP contribution in [-0.4, -0.2) is 59.6 Å². The summed E-state index contributed by atoms with van der Waals surface area (Å²) in [5.74, 6) is -0.915.